The van der Waals surface area contributed by atoms with E-state index in [0.29, 0.717) is 19.1 Å². The van der Waals surface area contributed by atoms with Gasteiger partial charge < -0.3 is 15.0 Å². The second-order valence-corrected chi connectivity index (χ2v) is 7.40. The van der Waals surface area contributed by atoms with E-state index in [4.69, 9.17) is 4.74 Å². The SMILES string of the molecule is Cc1cccc(OCCNC(=O)N2CCC(Cc3ccccc3)CC2)c1C. The molecule has 4 heteroatoms. The van der Waals surface area contributed by atoms with Gasteiger partial charge in [0.25, 0.3) is 0 Å². The van der Waals surface area contributed by atoms with Crippen molar-refractivity contribution >= 4 is 6.03 Å². The Labute approximate surface area is 162 Å². The van der Waals surface area contributed by atoms with E-state index in [-0.39, 0.29) is 6.03 Å². The normalized spacial score (nSPS) is 14.8. The van der Waals surface area contributed by atoms with Gasteiger partial charge in [-0.15, -0.1) is 0 Å². The molecule has 0 atom stereocenters. The van der Waals surface area contributed by atoms with Crippen LogP contribution in [-0.2, 0) is 6.42 Å². The van der Waals surface area contributed by atoms with E-state index >= 15 is 0 Å². The van der Waals surface area contributed by atoms with Crippen molar-refractivity contribution in [2.45, 2.75) is 33.1 Å². The van der Waals surface area contributed by atoms with Crippen molar-refractivity contribution in [1.82, 2.24) is 10.2 Å². The quantitative estimate of drug-likeness (QED) is 0.773. The van der Waals surface area contributed by atoms with Gasteiger partial charge in [-0.25, -0.2) is 4.79 Å². The summed E-state index contributed by atoms with van der Waals surface area (Å²) in [6.07, 6.45) is 3.25. The maximum atomic E-state index is 12.4. The van der Waals surface area contributed by atoms with E-state index in [1.54, 1.807) is 0 Å². The minimum Gasteiger partial charge on any atom is -0.491 e. The van der Waals surface area contributed by atoms with Crippen LogP contribution >= 0.6 is 0 Å². The summed E-state index contributed by atoms with van der Waals surface area (Å²) in [5.41, 5.74) is 3.77. The number of carbonyl (C=O) groups excluding carboxylic acids is 1. The number of nitrogens with one attached hydrogen (secondary N) is 1. The minimum absolute atomic E-state index is 0.0257. The first kappa shape index (κ1) is 19.3. The van der Waals surface area contributed by atoms with E-state index < -0.39 is 0 Å². The molecule has 1 N–H and O–H groups in total. The molecule has 0 saturated carbocycles. The number of amides is 2. The highest BCUT2D eigenvalue weighted by Crippen LogP contribution is 2.22. The van der Waals surface area contributed by atoms with Gasteiger partial charge in [0.15, 0.2) is 0 Å². The molecule has 27 heavy (non-hydrogen) atoms. The third-order valence-electron chi connectivity index (χ3n) is 5.46. The Kier molecular flexibility index (Phi) is 6.74. The highest BCUT2D eigenvalue weighted by atomic mass is 16.5. The van der Waals surface area contributed by atoms with Gasteiger partial charge in [0, 0.05) is 13.1 Å². The molecule has 2 amide bonds. The topological polar surface area (TPSA) is 41.6 Å². The van der Waals surface area contributed by atoms with Crippen LogP contribution in [0.4, 0.5) is 4.79 Å². The van der Waals surface area contributed by atoms with Crippen LogP contribution in [0.3, 0.4) is 0 Å². The van der Waals surface area contributed by atoms with Crippen molar-refractivity contribution in [3.8, 4) is 5.75 Å². The van der Waals surface area contributed by atoms with E-state index in [9.17, 15) is 4.79 Å². The van der Waals surface area contributed by atoms with Crippen molar-refractivity contribution in [2.24, 2.45) is 5.92 Å². The van der Waals surface area contributed by atoms with E-state index in [1.165, 1.54) is 11.1 Å². The van der Waals surface area contributed by atoms with Gasteiger partial charge in [0.2, 0.25) is 0 Å². The number of carbonyl (C=O) groups is 1. The zero-order chi connectivity index (χ0) is 19.1. The molecule has 0 radical (unpaired) electrons. The number of benzene rings is 2. The number of piperidine rings is 1. The lowest BCUT2D eigenvalue weighted by Gasteiger charge is -2.32. The molecule has 1 fully saturated rings. The van der Waals surface area contributed by atoms with Crippen LogP contribution in [0, 0.1) is 19.8 Å². The number of rotatable bonds is 6. The first-order valence-corrected chi connectivity index (χ1v) is 9.89. The van der Waals surface area contributed by atoms with Crippen molar-refractivity contribution in [3.63, 3.8) is 0 Å². The van der Waals surface area contributed by atoms with Crippen LogP contribution in [-0.4, -0.2) is 37.2 Å². The van der Waals surface area contributed by atoms with Crippen LogP contribution < -0.4 is 10.1 Å². The van der Waals surface area contributed by atoms with Crippen LogP contribution in [0.15, 0.2) is 48.5 Å². The summed E-state index contributed by atoms with van der Waals surface area (Å²) in [4.78, 5) is 14.3. The van der Waals surface area contributed by atoms with Crippen molar-refractivity contribution in [2.75, 3.05) is 26.2 Å². The number of hydrogen-bond acceptors (Lipinski definition) is 2. The summed E-state index contributed by atoms with van der Waals surface area (Å²) < 4.78 is 5.81. The lowest BCUT2D eigenvalue weighted by Crippen LogP contribution is -2.45. The Morgan fingerprint density at radius 1 is 1.07 bits per heavy atom. The highest BCUT2D eigenvalue weighted by molar-refractivity contribution is 5.74. The Morgan fingerprint density at radius 2 is 1.81 bits per heavy atom. The fourth-order valence-corrected chi connectivity index (χ4v) is 3.60. The number of hydrogen-bond donors (Lipinski definition) is 1. The number of nitrogens with zero attached hydrogens (tertiary/aromatic N) is 1. The largest absolute Gasteiger partial charge is 0.491 e. The first-order chi connectivity index (χ1) is 13.1. The number of ether oxygens (including phenoxy) is 1. The summed E-state index contributed by atoms with van der Waals surface area (Å²) in [6.45, 7) is 6.81. The van der Waals surface area contributed by atoms with E-state index in [1.807, 2.05) is 17.0 Å². The van der Waals surface area contributed by atoms with Gasteiger partial charge in [0.05, 0.1) is 6.54 Å². The maximum absolute atomic E-state index is 12.4. The van der Waals surface area contributed by atoms with Crippen molar-refractivity contribution in [3.05, 3.63) is 65.2 Å². The number of urea groups is 1. The second kappa shape index (κ2) is 9.45. The second-order valence-electron chi connectivity index (χ2n) is 7.40. The molecule has 144 valence electrons. The smallest absolute Gasteiger partial charge is 0.317 e. The molecule has 1 aliphatic heterocycles. The van der Waals surface area contributed by atoms with Crippen molar-refractivity contribution < 1.29 is 9.53 Å². The van der Waals surface area contributed by atoms with Gasteiger partial charge in [0.1, 0.15) is 12.4 Å². The van der Waals surface area contributed by atoms with Gasteiger partial charge in [-0.05, 0) is 61.8 Å². The first-order valence-electron chi connectivity index (χ1n) is 9.89. The zero-order valence-electron chi connectivity index (χ0n) is 16.4. The van der Waals surface area contributed by atoms with Crippen LogP contribution in [0.5, 0.6) is 5.75 Å². The molecule has 1 aliphatic rings. The molecule has 0 aliphatic carbocycles. The lowest BCUT2D eigenvalue weighted by atomic mass is 9.90. The molecule has 0 spiro atoms. The molecule has 1 heterocycles. The summed E-state index contributed by atoms with van der Waals surface area (Å²) in [6, 6.07) is 16.7. The molecular formula is C23H30N2O2. The number of aryl methyl sites for hydroxylation is 1. The Morgan fingerprint density at radius 3 is 2.56 bits per heavy atom. The molecule has 2 aromatic carbocycles. The lowest BCUT2D eigenvalue weighted by molar-refractivity contribution is 0.168. The average molecular weight is 367 g/mol. The fourth-order valence-electron chi connectivity index (χ4n) is 3.60. The molecular weight excluding hydrogens is 336 g/mol. The highest BCUT2D eigenvalue weighted by Gasteiger charge is 2.22. The van der Waals surface area contributed by atoms with Crippen LogP contribution in [0.1, 0.15) is 29.5 Å². The Balaban J connectivity index is 1.35. The molecule has 4 nitrogen and oxygen atoms in total. The predicted octanol–water partition coefficient (Wildman–Crippen LogP) is 4.35. The third-order valence-corrected chi connectivity index (χ3v) is 5.46. The van der Waals surface area contributed by atoms with Crippen LogP contribution in [0.25, 0.3) is 0 Å². The predicted molar refractivity (Wildman–Crippen MR) is 109 cm³/mol. The van der Waals surface area contributed by atoms with E-state index in [0.717, 1.165) is 43.7 Å². The van der Waals surface area contributed by atoms with Crippen molar-refractivity contribution in [1.29, 1.82) is 0 Å². The maximum Gasteiger partial charge on any atom is 0.317 e. The monoisotopic (exact) mass is 366 g/mol. The number of likely N-dealkylation sites (tertiary alicyclic amines) is 1. The third kappa shape index (κ3) is 5.49. The Bertz CT molecular complexity index is 737. The summed E-state index contributed by atoms with van der Waals surface area (Å²) >= 11 is 0. The average Bonchev–Trinajstić information content (AvgIpc) is 2.69. The molecule has 3 rings (SSSR count). The zero-order valence-corrected chi connectivity index (χ0v) is 16.4. The molecule has 2 aromatic rings. The standard InChI is InChI=1S/C23H30N2O2/c1-18-7-6-10-22(19(18)2)27-16-13-24-23(26)25-14-11-21(12-15-25)17-20-8-4-3-5-9-20/h3-10,21H,11-17H2,1-2H3,(H,24,26). The summed E-state index contributed by atoms with van der Waals surface area (Å²) in [7, 11) is 0. The van der Waals surface area contributed by atoms with Gasteiger partial charge >= 0.3 is 6.03 Å². The van der Waals surface area contributed by atoms with Gasteiger partial charge in [-0.2, -0.15) is 0 Å². The van der Waals surface area contributed by atoms with Gasteiger partial charge in [-0.3, -0.25) is 0 Å². The molecule has 0 aromatic heterocycles. The van der Waals surface area contributed by atoms with Gasteiger partial charge in [-0.1, -0.05) is 42.5 Å². The Hall–Kier alpha value is -2.49. The molecule has 0 unspecified atom stereocenters. The molecule has 1 saturated heterocycles. The minimum atomic E-state index is 0.0257. The summed E-state index contributed by atoms with van der Waals surface area (Å²) in [5, 5.41) is 2.98. The van der Waals surface area contributed by atoms with Crippen LogP contribution in [0.2, 0.25) is 0 Å². The van der Waals surface area contributed by atoms with E-state index in [2.05, 4.69) is 55.6 Å². The summed E-state index contributed by atoms with van der Waals surface area (Å²) in [5.74, 6) is 1.56. The molecule has 0 bridgehead atoms. The fraction of sp³-hybridized carbons (Fsp3) is 0.435.